The van der Waals surface area contributed by atoms with Gasteiger partial charge >= 0.3 is 0 Å². The van der Waals surface area contributed by atoms with E-state index in [2.05, 4.69) is 5.32 Å². The first-order valence-electron chi connectivity index (χ1n) is 8.93. The van der Waals surface area contributed by atoms with E-state index in [-0.39, 0.29) is 18.4 Å². The summed E-state index contributed by atoms with van der Waals surface area (Å²) in [5, 5.41) is 2.94. The van der Waals surface area contributed by atoms with Gasteiger partial charge in [0, 0.05) is 18.5 Å². The van der Waals surface area contributed by atoms with E-state index >= 15 is 0 Å². The highest BCUT2D eigenvalue weighted by Gasteiger charge is 2.19. The maximum Gasteiger partial charge on any atom is 0.226 e. The molecule has 1 aromatic heterocycles. The van der Waals surface area contributed by atoms with Gasteiger partial charge in [-0.05, 0) is 42.0 Å². The zero-order valence-corrected chi connectivity index (χ0v) is 16.2. The van der Waals surface area contributed by atoms with Crippen LogP contribution in [0.2, 0.25) is 0 Å². The summed E-state index contributed by atoms with van der Waals surface area (Å²) in [6, 6.07) is 16.8. The maximum atomic E-state index is 12.8. The Hall–Kier alpha value is -3.41. The third-order valence-electron chi connectivity index (χ3n) is 4.55. The molecular formula is C22H24N2O4. The monoisotopic (exact) mass is 380 g/mol. The van der Waals surface area contributed by atoms with Gasteiger partial charge in [0.15, 0.2) is 0 Å². The second-order valence-electron chi connectivity index (χ2n) is 6.24. The Kier molecular flexibility index (Phi) is 6.22. The number of amides is 1. The first kappa shape index (κ1) is 19.4. The molecular weight excluding hydrogens is 356 g/mol. The Balaban J connectivity index is 1.82. The first-order chi connectivity index (χ1) is 13.6. The van der Waals surface area contributed by atoms with Crippen LogP contribution in [0.4, 0.5) is 5.69 Å². The Morgan fingerprint density at radius 2 is 1.57 bits per heavy atom. The van der Waals surface area contributed by atoms with Gasteiger partial charge in [0.2, 0.25) is 5.91 Å². The van der Waals surface area contributed by atoms with Gasteiger partial charge in [-0.3, -0.25) is 4.79 Å². The van der Waals surface area contributed by atoms with Crippen LogP contribution in [0.15, 0.2) is 67.0 Å². The summed E-state index contributed by atoms with van der Waals surface area (Å²) in [7, 11) is 4.78. The lowest BCUT2D eigenvalue weighted by atomic mass is 10.0. The molecule has 0 spiro atoms. The second-order valence-corrected chi connectivity index (χ2v) is 6.24. The van der Waals surface area contributed by atoms with E-state index in [9.17, 15) is 4.79 Å². The fourth-order valence-corrected chi connectivity index (χ4v) is 3.07. The van der Waals surface area contributed by atoms with Crippen molar-refractivity contribution < 1.29 is 19.0 Å². The fraction of sp³-hybridized carbons (Fsp3) is 0.227. The molecule has 3 aromatic rings. The van der Waals surface area contributed by atoms with E-state index in [0.29, 0.717) is 17.2 Å². The molecule has 3 rings (SSSR count). The van der Waals surface area contributed by atoms with E-state index in [4.69, 9.17) is 14.2 Å². The van der Waals surface area contributed by atoms with Gasteiger partial charge in [-0.2, -0.15) is 0 Å². The van der Waals surface area contributed by atoms with Crippen molar-refractivity contribution in [3.8, 4) is 17.2 Å². The molecule has 146 valence electrons. The molecule has 0 aliphatic heterocycles. The minimum absolute atomic E-state index is 0.124. The summed E-state index contributed by atoms with van der Waals surface area (Å²) >= 11 is 0. The predicted molar refractivity (Wildman–Crippen MR) is 108 cm³/mol. The topological polar surface area (TPSA) is 61.7 Å². The van der Waals surface area contributed by atoms with Crippen molar-refractivity contribution >= 4 is 11.6 Å². The van der Waals surface area contributed by atoms with Crippen molar-refractivity contribution in [2.75, 3.05) is 26.6 Å². The molecule has 1 atom stereocenters. The maximum absolute atomic E-state index is 12.8. The van der Waals surface area contributed by atoms with Crippen molar-refractivity contribution in [2.45, 2.75) is 12.5 Å². The molecule has 28 heavy (non-hydrogen) atoms. The molecule has 2 aromatic carbocycles. The van der Waals surface area contributed by atoms with E-state index in [1.165, 1.54) is 0 Å². The number of aromatic nitrogens is 1. The smallest absolute Gasteiger partial charge is 0.226 e. The molecule has 0 fully saturated rings. The highest BCUT2D eigenvalue weighted by molar-refractivity contribution is 5.93. The summed E-state index contributed by atoms with van der Waals surface area (Å²) in [5.41, 5.74) is 1.59. The highest BCUT2D eigenvalue weighted by atomic mass is 16.5. The van der Waals surface area contributed by atoms with Crippen molar-refractivity contribution in [1.29, 1.82) is 0 Å². The number of anilines is 1. The van der Waals surface area contributed by atoms with Crippen LogP contribution in [-0.4, -0.2) is 31.8 Å². The van der Waals surface area contributed by atoms with Gasteiger partial charge in [-0.15, -0.1) is 0 Å². The lowest BCUT2D eigenvalue weighted by molar-refractivity contribution is -0.116. The summed E-state index contributed by atoms with van der Waals surface area (Å²) in [6.07, 6.45) is 4.17. The van der Waals surface area contributed by atoms with Gasteiger partial charge in [0.05, 0.1) is 39.5 Å². The minimum atomic E-state index is -0.141. The number of carbonyl (C=O) groups excluding carboxylic acids is 1. The van der Waals surface area contributed by atoms with Gasteiger partial charge in [-0.1, -0.05) is 12.1 Å². The van der Waals surface area contributed by atoms with Crippen LogP contribution < -0.4 is 19.5 Å². The van der Waals surface area contributed by atoms with Gasteiger partial charge in [-0.25, -0.2) is 0 Å². The Morgan fingerprint density at radius 3 is 2.18 bits per heavy atom. The van der Waals surface area contributed by atoms with Crippen LogP contribution in [-0.2, 0) is 4.79 Å². The summed E-state index contributed by atoms with van der Waals surface area (Å²) < 4.78 is 17.8. The molecule has 6 heteroatoms. The second kappa shape index (κ2) is 8.99. The number of benzene rings is 2. The first-order valence-corrected chi connectivity index (χ1v) is 8.93. The largest absolute Gasteiger partial charge is 0.497 e. The van der Waals surface area contributed by atoms with E-state index < -0.39 is 0 Å². The number of nitrogens with zero attached hydrogens (tertiary/aromatic N) is 1. The Labute approximate surface area is 164 Å². The number of carbonyl (C=O) groups is 1. The van der Waals surface area contributed by atoms with E-state index in [0.717, 1.165) is 11.3 Å². The van der Waals surface area contributed by atoms with Gasteiger partial charge in [0.1, 0.15) is 17.2 Å². The molecule has 0 saturated carbocycles. The number of nitrogens with one attached hydrogen (secondary N) is 1. The minimum Gasteiger partial charge on any atom is -0.497 e. The quantitative estimate of drug-likeness (QED) is 0.638. The molecule has 0 radical (unpaired) electrons. The average Bonchev–Trinajstić information content (AvgIpc) is 3.26. The van der Waals surface area contributed by atoms with Crippen LogP contribution in [0.5, 0.6) is 17.2 Å². The number of methoxy groups -OCH3 is 3. The lowest BCUT2D eigenvalue weighted by Crippen LogP contribution is -2.20. The van der Waals surface area contributed by atoms with Crippen LogP contribution in [0.3, 0.4) is 0 Å². The van der Waals surface area contributed by atoms with Crippen LogP contribution >= 0.6 is 0 Å². The van der Waals surface area contributed by atoms with Crippen molar-refractivity contribution in [3.63, 3.8) is 0 Å². The van der Waals surface area contributed by atoms with Gasteiger partial charge < -0.3 is 24.1 Å². The summed E-state index contributed by atoms with van der Waals surface area (Å²) in [4.78, 5) is 12.8. The third-order valence-corrected chi connectivity index (χ3v) is 4.55. The third kappa shape index (κ3) is 4.46. The highest BCUT2D eigenvalue weighted by Crippen LogP contribution is 2.30. The molecule has 0 aliphatic rings. The van der Waals surface area contributed by atoms with Gasteiger partial charge in [0.25, 0.3) is 0 Å². The van der Waals surface area contributed by atoms with E-state index in [1.54, 1.807) is 39.5 Å². The van der Waals surface area contributed by atoms with Crippen molar-refractivity contribution in [1.82, 2.24) is 4.57 Å². The SMILES string of the molecule is COc1ccc([C@H](CC(=O)Nc2cc(OC)ccc2OC)n2cccc2)cc1. The molecule has 1 N–H and O–H groups in total. The Morgan fingerprint density at radius 1 is 0.929 bits per heavy atom. The average molecular weight is 380 g/mol. The van der Waals surface area contributed by atoms with Crippen LogP contribution in [0.25, 0.3) is 0 Å². The lowest BCUT2D eigenvalue weighted by Gasteiger charge is -2.20. The summed E-state index contributed by atoms with van der Waals surface area (Å²) in [5.74, 6) is 1.88. The molecule has 1 amide bonds. The predicted octanol–water partition coefficient (Wildman–Crippen LogP) is 4.13. The van der Waals surface area contributed by atoms with E-state index in [1.807, 2.05) is 53.4 Å². The van der Waals surface area contributed by atoms with Crippen molar-refractivity contribution in [3.05, 3.63) is 72.6 Å². The fourth-order valence-electron chi connectivity index (χ4n) is 3.07. The van der Waals surface area contributed by atoms with Crippen molar-refractivity contribution in [2.24, 2.45) is 0 Å². The number of hydrogen-bond donors (Lipinski definition) is 1. The summed E-state index contributed by atoms with van der Waals surface area (Å²) in [6.45, 7) is 0. The molecule has 0 saturated heterocycles. The number of ether oxygens (including phenoxy) is 3. The molecule has 0 bridgehead atoms. The van der Waals surface area contributed by atoms with Crippen LogP contribution in [0.1, 0.15) is 18.0 Å². The molecule has 0 unspecified atom stereocenters. The zero-order chi connectivity index (χ0) is 19.9. The molecule has 1 heterocycles. The number of hydrogen-bond acceptors (Lipinski definition) is 4. The molecule has 6 nitrogen and oxygen atoms in total. The molecule has 0 aliphatic carbocycles. The number of rotatable bonds is 8. The normalized spacial score (nSPS) is 11.5. The standard InChI is InChI=1S/C22H24N2O4/c1-26-17-8-6-16(7-9-17)20(24-12-4-5-13-24)15-22(25)23-19-14-18(27-2)10-11-21(19)28-3/h4-14,20H,15H2,1-3H3,(H,23,25)/t20-/m0/s1. The Bertz CT molecular complexity index is 905. The van der Waals surface area contributed by atoms with Crippen LogP contribution in [0, 0.1) is 0 Å². The zero-order valence-electron chi connectivity index (χ0n) is 16.2.